The predicted octanol–water partition coefficient (Wildman–Crippen LogP) is 13.9. The first kappa shape index (κ1) is 29.2. The van der Waals surface area contributed by atoms with E-state index in [0.717, 1.165) is 28.1 Å². The normalized spacial score (nSPS) is 11.8. The number of aromatic nitrogens is 2. The van der Waals surface area contributed by atoms with Gasteiger partial charge in [0.1, 0.15) is 0 Å². The van der Waals surface area contributed by atoms with E-state index >= 15 is 0 Å². The van der Waals surface area contributed by atoms with Crippen molar-refractivity contribution in [1.82, 2.24) is 9.55 Å². The van der Waals surface area contributed by atoms with Crippen molar-refractivity contribution in [3.63, 3.8) is 0 Å². The van der Waals surface area contributed by atoms with E-state index in [1.165, 1.54) is 74.8 Å². The van der Waals surface area contributed by atoms with Crippen LogP contribution >= 0.6 is 11.3 Å². The molecule has 3 heterocycles. The molecule has 0 N–H and O–H groups in total. The number of rotatable bonds is 4. The Morgan fingerprint density at radius 1 is 0.385 bits per heavy atom. The van der Waals surface area contributed by atoms with Crippen LogP contribution in [0.2, 0.25) is 0 Å². The van der Waals surface area contributed by atoms with Crippen LogP contribution in [0.4, 0.5) is 0 Å². The first-order valence-electron chi connectivity index (χ1n) is 17.7. The third kappa shape index (κ3) is 4.46. The van der Waals surface area contributed by atoms with Crippen LogP contribution in [0.3, 0.4) is 0 Å². The minimum atomic E-state index is 0.976. The molecule has 52 heavy (non-hydrogen) atoms. The van der Waals surface area contributed by atoms with Crippen LogP contribution in [0.15, 0.2) is 182 Å². The maximum absolute atomic E-state index is 5.32. The van der Waals surface area contributed by atoms with E-state index in [4.69, 9.17) is 4.98 Å². The second kappa shape index (κ2) is 11.5. The van der Waals surface area contributed by atoms with Gasteiger partial charge < -0.3 is 4.57 Å². The highest BCUT2D eigenvalue weighted by molar-refractivity contribution is 7.27. The molecule has 0 spiro atoms. The quantitative estimate of drug-likeness (QED) is 0.169. The van der Waals surface area contributed by atoms with Gasteiger partial charge in [0, 0.05) is 47.8 Å². The largest absolute Gasteiger partial charge is 0.309 e. The van der Waals surface area contributed by atoms with Crippen molar-refractivity contribution in [2.45, 2.75) is 0 Å². The lowest BCUT2D eigenvalue weighted by Gasteiger charge is -2.11. The maximum Gasteiger partial charge on any atom is 0.0730 e. The highest BCUT2D eigenvalue weighted by atomic mass is 32.1. The molecule has 3 aromatic heterocycles. The van der Waals surface area contributed by atoms with Gasteiger partial charge in [-0.1, -0.05) is 146 Å². The van der Waals surface area contributed by atoms with Crippen LogP contribution in [0, 0.1) is 0 Å². The number of hydrogen-bond acceptors (Lipinski definition) is 2. The molecule has 0 bridgehead atoms. The zero-order valence-corrected chi connectivity index (χ0v) is 28.9. The van der Waals surface area contributed by atoms with E-state index < -0.39 is 0 Å². The average molecular weight is 679 g/mol. The second-order valence-electron chi connectivity index (χ2n) is 13.5. The average Bonchev–Trinajstić information content (AvgIpc) is 3.77. The smallest absolute Gasteiger partial charge is 0.0730 e. The first-order valence-corrected chi connectivity index (χ1v) is 18.5. The van der Waals surface area contributed by atoms with Crippen LogP contribution in [-0.2, 0) is 0 Å². The van der Waals surface area contributed by atoms with Crippen LogP contribution in [-0.4, -0.2) is 9.55 Å². The van der Waals surface area contributed by atoms with Crippen molar-refractivity contribution in [3.8, 4) is 39.3 Å². The number of benzene rings is 8. The Morgan fingerprint density at radius 2 is 1.04 bits per heavy atom. The fourth-order valence-electron chi connectivity index (χ4n) is 8.15. The Balaban J connectivity index is 1.15. The molecule has 0 unspecified atom stereocenters. The molecule has 0 radical (unpaired) electrons. The summed E-state index contributed by atoms with van der Waals surface area (Å²) in [7, 11) is 0. The lowest BCUT2D eigenvalue weighted by Crippen LogP contribution is -1.93. The Bertz CT molecular complexity index is 3110. The van der Waals surface area contributed by atoms with E-state index in [1.54, 1.807) is 0 Å². The maximum atomic E-state index is 5.32. The first-order chi connectivity index (χ1) is 25.8. The molecular weight excluding hydrogens is 649 g/mol. The molecule has 0 aliphatic heterocycles. The van der Waals surface area contributed by atoms with Gasteiger partial charge in [-0.05, 0) is 69.1 Å². The summed E-state index contributed by atoms with van der Waals surface area (Å²) < 4.78 is 5.02. The molecule has 11 aromatic rings. The fraction of sp³-hybridized carbons (Fsp3) is 0. The minimum absolute atomic E-state index is 0.976. The number of hydrogen-bond donors (Lipinski definition) is 0. The van der Waals surface area contributed by atoms with Crippen molar-refractivity contribution < 1.29 is 0 Å². The van der Waals surface area contributed by atoms with Gasteiger partial charge >= 0.3 is 0 Å². The zero-order valence-electron chi connectivity index (χ0n) is 28.1. The van der Waals surface area contributed by atoms with Crippen molar-refractivity contribution >= 4 is 74.9 Å². The topological polar surface area (TPSA) is 17.8 Å². The van der Waals surface area contributed by atoms with Crippen LogP contribution in [0.25, 0.3) is 103 Å². The van der Waals surface area contributed by atoms with Gasteiger partial charge in [0.25, 0.3) is 0 Å². The van der Waals surface area contributed by atoms with Gasteiger partial charge in [-0.25, -0.2) is 4.98 Å². The van der Waals surface area contributed by atoms with Crippen LogP contribution in [0.5, 0.6) is 0 Å². The van der Waals surface area contributed by atoms with Gasteiger partial charge in [-0.2, -0.15) is 0 Å². The predicted molar refractivity (Wildman–Crippen MR) is 223 cm³/mol. The third-order valence-electron chi connectivity index (χ3n) is 10.6. The van der Waals surface area contributed by atoms with E-state index in [-0.39, 0.29) is 0 Å². The number of pyridine rings is 1. The van der Waals surface area contributed by atoms with Gasteiger partial charge in [0.05, 0.1) is 22.4 Å². The number of fused-ring (bicyclic) bond motifs is 10. The molecule has 2 nitrogen and oxygen atoms in total. The molecule has 3 heteroatoms. The summed E-state index contributed by atoms with van der Waals surface area (Å²) in [5.74, 6) is 0. The molecule has 0 saturated carbocycles. The SMILES string of the molecule is c1ccc(-c2cc(-c3ccccc3)nc(-c3cccc4c3sc3c4ccc4c3c3ccccc3n4-c3ccc4c(ccc5ccccc54)c3)c2)cc1. The van der Waals surface area contributed by atoms with E-state index in [1.807, 2.05) is 11.3 Å². The fourth-order valence-corrected chi connectivity index (χ4v) is 9.53. The molecule has 0 aliphatic rings. The molecule has 0 fully saturated rings. The standard InChI is InChI=1S/C49H30N2S/c1-3-12-31(13-4-1)35-29-43(33-15-5-2-6-16-33)50-44(30-35)41-20-11-19-39-40-26-27-46-47(49(40)52-48(39)41)42-18-9-10-21-45(42)51(46)36-24-25-38-34(28-36)23-22-32-14-7-8-17-37(32)38/h1-30H. The molecule has 0 aliphatic carbocycles. The Labute approximate surface area is 304 Å². The summed E-state index contributed by atoms with van der Waals surface area (Å²) in [6.07, 6.45) is 0. The number of thiophene rings is 1. The minimum Gasteiger partial charge on any atom is -0.309 e. The highest BCUT2D eigenvalue weighted by Crippen LogP contribution is 2.46. The molecule has 0 atom stereocenters. The van der Waals surface area contributed by atoms with Gasteiger partial charge in [-0.3, -0.25) is 0 Å². The molecule has 0 saturated heterocycles. The summed E-state index contributed by atoms with van der Waals surface area (Å²) >= 11 is 1.89. The zero-order chi connectivity index (χ0) is 34.2. The highest BCUT2D eigenvalue weighted by Gasteiger charge is 2.20. The van der Waals surface area contributed by atoms with Crippen LogP contribution in [0.1, 0.15) is 0 Å². The molecule has 11 rings (SSSR count). The van der Waals surface area contributed by atoms with Crippen molar-refractivity contribution in [2.75, 3.05) is 0 Å². The summed E-state index contributed by atoms with van der Waals surface area (Å²) in [6.45, 7) is 0. The lowest BCUT2D eigenvalue weighted by molar-refractivity contribution is 1.19. The van der Waals surface area contributed by atoms with E-state index in [2.05, 4.69) is 187 Å². The third-order valence-corrected chi connectivity index (χ3v) is 11.8. The second-order valence-corrected chi connectivity index (χ2v) is 14.5. The Morgan fingerprint density at radius 3 is 1.90 bits per heavy atom. The summed E-state index contributed by atoms with van der Waals surface area (Å²) in [5.41, 5.74) is 10.2. The lowest BCUT2D eigenvalue weighted by atomic mass is 9.99. The number of para-hydroxylation sites is 1. The number of nitrogens with zero attached hydrogens (tertiary/aromatic N) is 2. The summed E-state index contributed by atoms with van der Waals surface area (Å²) in [6, 6.07) is 65.9. The summed E-state index contributed by atoms with van der Waals surface area (Å²) in [4.78, 5) is 5.32. The molecule has 0 amide bonds. The van der Waals surface area contributed by atoms with Crippen LogP contribution < -0.4 is 0 Å². The van der Waals surface area contributed by atoms with Crippen molar-refractivity contribution in [3.05, 3.63) is 182 Å². The monoisotopic (exact) mass is 678 g/mol. The Hall–Kier alpha value is -6.55. The van der Waals surface area contributed by atoms with Gasteiger partial charge in [0.2, 0.25) is 0 Å². The van der Waals surface area contributed by atoms with Gasteiger partial charge in [-0.15, -0.1) is 11.3 Å². The van der Waals surface area contributed by atoms with Crippen molar-refractivity contribution in [1.29, 1.82) is 0 Å². The van der Waals surface area contributed by atoms with E-state index in [9.17, 15) is 0 Å². The van der Waals surface area contributed by atoms with Gasteiger partial charge in [0.15, 0.2) is 0 Å². The van der Waals surface area contributed by atoms with E-state index in [0.29, 0.717) is 0 Å². The molecule has 242 valence electrons. The molecule has 8 aromatic carbocycles. The Kier molecular flexibility index (Phi) is 6.46. The molecular formula is C49H30N2S. The summed E-state index contributed by atoms with van der Waals surface area (Å²) in [5, 5.41) is 10.2. The van der Waals surface area contributed by atoms with Crippen molar-refractivity contribution in [2.24, 2.45) is 0 Å².